The highest BCUT2D eigenvalue weighted by molar-refractivity contribution is 5.68. The summed E-state index contributed by atoms with van der Waals surface area (Å²) in [6.45, 7) is 4.97. The third-order valence-electron chi connectivity index (χ3n) is 4.74. The van der Waals surface area contributed by atoms with Gasteiger partial charge in [-0.25, -0.2) is 0 Å². The van der Waals surface area contributed by atoms with E-state index >= 15 is 0 Å². The number of benzene rings is 2. The fourth-order valence-electron chi connectivity index (χ4n) is 3.13. The van der Waals surface area contributed by atoms with Crippen LogP contribution in [0.5, 0.6) is 0 Å². The summed E-state index contributed by atoms with van der Waals surface area (Å²) in [6, 6.07) is 21.0. The van der Waals surface area contributed by atoms with Crippen LogP contribution in [0.25, 0.3) is 28.2 Å². The minimum absolute atomic E-state index is 0.505. The van der Waals surface area contributed by atoms with Crippen molar-refractivity contribution in [1.82, 2.24) is 14.6 Å². The fraction of sp³-hybridized carbons (Fsp3) is 0.182. The third-order valence-corrected chi connectivity index (χ3v) is 4.74. The van der Waals surface area contributed by atoms with E-state index in [1.54, 1.807) is 0 Å². The standard InChI is InChI=1S/C22H22N4/c1-15(2)18-4-3-5-19(12-18)20-10-11-21-24-25-22(26(21)14-20)17-8-6-16(13-23)7-9-17/h3-12,14-15H,13,23H2,1-2H3. The molecular weight excluding hydrogens is 320 g/mol. The van der Waals surface area contributed by atoms with Crippen molar-refractivity contribution in [3.8, 4) is 22.5 Å². The van der Waals surface area contributed by atoms with Crippen molar-refractivity contribution in [2.45, 2.75) is 26.3 Å². The van der Waals surface area contributed by atoms with Crippen LogP contribution in [0.3, 0.4) is 0 Å². The third kappa shape index (κ3) is 3.00. The van der Waals surface area contributed by atoms with Gasteiger partial charge in [-0.2, -0.15) is 0 Å². The summed E-state index contributed by atoms with van der Waals surface area (Å²) >= 11 is 0. The van der Waals surface area contributed by atoms with Crippen LogP contribution >= 0.6 is 0 Å². The summed E-state index contributed by atoms with van der Waals surface area (Å²) in [7, 11) is 0. The highest BCUT2D eigenvalue weighted by Gasteiger charge is 2.10. The second kappa shape index (κ2) is 6.73. The van der Waals surface area contributed by atoms with Crippen LogP contribution in [-0.4, -0.2) is 14.6 Å². The molecule has 0 amide bonds. The molecule has 130 valence electrons. The van der Waals surface area contributed by atoms with Crippen molar-refractivity contribution in [3.05, 3.63) is 78.0 Å². The van der Waals surface area contributed by atoms with Gasteiger partial charge in [-0.05, 0) is 40.3 Å². The zero-order valence-corrected chi connectivity index (χ0v) is 15.1. The molecule has 4 heteroatoms. The van der Waals surface area contributed by atoms with E-state index in [1.165, 1.54) is 11.1 Å². The minimum atomic E-state index is 0.505. The summed E-state index contributed by atoms with van der Waals surface area (Å²) in [6.07, 6.45) is 2.11. The molecule has 4 nitrogen and oxygen atoms in total. The molecule has 0 aliphatic rings. The first-order chi connectivity index (χ1) is 12.7. The lowest BCUT2D eigenvalue weighted by Gasteiger charge is -2.09. The predicted molar refractivity (Wildman–Crippen MR) is 106 cm³/mol. The lowest BCUT2D eigenvalue weighted by molar-refractivity contribution is 0.867. The number of nitrogens with zero attached hydrogens (tertiary/aromatic N) is 3. The van der Waals surface area contributed by atoms with Gasteiger partial charge in [0.05, 0.1) is 0 Å². The smallest absolute Gasteiger partial charge is 0.168 e. The van der Waals surface area contributed by atoms with Gasteiger partial charge in [0.1, 0.15) is 0 Å². The van der Waals surface area contributed by atoms with E-state index in [9.17, 15) is 0 Å². The van der Waals surface area contributed by atoms with Crippen molar-refractivity contribution in [2.24, 2.45) is 5.73 Å². The Kier molecular flexibility index (Phi) is 4.27. The zero-order chi connectivity index (χ0) is 18.1. The summed E-state index contributed by atoms with van der Waals surface area (Å²) in [5.41, 5.74) is 12.4. The van der Waals surface area contributed by atoms with Crippen LogP contribution in [0.2, 0.25) is 0 Å². The maximum absolute atomic E-state index is 5.69. The fourth-order valence-corrected chi connectivity index (χ4v) is 3.13. The van der Waals surface area contributed by atoms with E-state index in [0.29, 0.717) is 12.5 Å². The van der Waals surface area contributed by atoms with E-state index in [1.807, 2.05) is 30.3 Å². The van der Waals surface area contributed by atoms with E-state index in [2.05, 4.69) is 65.0 Å². The molecule has 2 N–H and O–H groups in total. The Morgan fingerprint density at radius 3 is 2.38 bits per heavy atom. The number of hydrogen-bond donors (Lipinski definition) is 1. The van der Waals surface area contributed by atoms with Gasteiger partial charge in [-0.1, -0.05) is 62.4 Å². The first-order valence-electron chi connectivity index (χ1n) is 8.90. The Hall–Kier alpha value is -2.98. The molecule has 0 aliphatic heterocycles. The second-order valence-corrected chi connectivity index (χ2v) is 6.85. The molecule has 2 heterocycles. The van der Waals surface area contributed by atoms with Gasteiger partial charge < -0.3 is 5.73 Å². The average Bonchev–Trinajstić information content (AvgIpc) is 3.11. The van der Waals surface area contributed by atoms with Gasteiger partial charge in [-0.15, -0.1) is 10.2 Å². The van der Waals surface area contributed by atoms with Gasteiger partial charge in [0.25, 0.3) is 0 Å². The van der Waals surface area contributed by atoms with Crippen molar-refractivity contribution in [1.29, 1.82) is 0 Å². The summed E-state index contributed by atoms with van der Waals surface area (Å²) < 4.78 is 2.05. The molecule has 0 radical (unpaired) electrons. The quantitative estimate of drug-likeness (QED) is 0.587. The second-order valence-electron chi connectivity index (χ2n) is 6.85. The normalized spacial score (nSPS) is 11.4. The van der Waals surface area contributed by atoms with E-state index in [-0.39, 0.29) is 0 Å². The van der Waals surface area contributed by atoms with Crippen molar-refractivity contribution in [3.63, 3.8) is 0 Å². The molecule has 2 aromatic heterocycles. The van der Waals surface area contributed by atoms with Crippen molar-refractivity contribution < 1.29 is 0 Å². The van der Waals surface area contributed by atoms with Crippen LogP contribution in [0.4, 0.5) is 0 Å². The SMILES string of the molecule is CC(C)c1cccc(-c2ccc3nnc(-c4ccc(CN)cc4)n3c2)c1. The predicted octanol–water partition coefficient (Wildman–Crippen LogP) is 4.65. The molecule has 0 saturated carbocycles. The van der Waals surface area contributed by atoms with Crippen LogP contribution in [0.15, 0.2) is 66.9 Å². The molecule has 0 aliphatic carbocycles. The van der Waals surface area contributed by atoms with Crippen molar-refractivity contribution in [2.75, 3.05) is 0 Å². The van der Waals surface area contributed by atoms with Crippen molar-refractivity contribution >= 4 is 5.65 Å². The Balaban J connectivity index is 1.80. The van der Waals surface area contributed by atoms with E-state index in [0.717, 1.165) is 28.2 Å². The van der Waals surface area contributed by atoms with Crippen LogP contribution in [0.1, 0.15) is 30.9 Å². The molecule has 0 spiro atoms. The molecule has 4 aromatic rings. The lowest BCUT2D eigenvalue weighted by Crippen LogP contribution is -1.96. The molecule has 0 unspecified atom stereocenters. The number of fused-ring (bicyclic) bond motifs is 1. The number of rotatable bonds is 4. The van der Waals surface area contributed by atoms with Crippen LogP contribution in [-0.2, 0) is 6.54 Å². The number of pyridine rings is 1. The molecule has 0 saturated heterocycles. The summed E-state index contributed by atoms with van der Waals surface area (Å²) in [5, 5.41) is 8.69. The highest BCUT2D eigenvalue weighted by atomic mass is 15.2. The Morgan fingerprint density at radius 1 is 0.885 bits per heavy atom. The molecule has 4 rings (SSSR count). The molecule has 0 bridgehead atoms. The van der Waals surface area contributed by atoms with Gasteiger partial charge in [0.2, 0.25) is 0 Å². The molecule has 26 heavy (non-hydrogen) atoms. The molecule has 0 atom stereocenters. The Morgan fingerprint density at radius 2 is 1.65 bits per heavy atom. The number of aromatic nitrogens is 3. The topological polar surface area (TPSA) is 56.2 Å². The Bertz CT molecular complexity index is 1050. The van der Waals surface area contributed by atoms with Gasteiger partial charge in [-0.3, -0.25) is 4.40 Å². The van der Waals surface area contributed by atoms with E-state index < -0.39 is 0 Å². The van der Waals surface area contributed by atoms with Gasteiger partial charge in [0.15, 0.2) is 11.5 Å². The van der Waals surface area contributed by atoms with Gasteiger partial charge >= 0.3 is 0 Å². The molecule has 0 fully saturated rings. The largest absolute Gasteiger partial charge is 0.326 e. The summed E-state index contributed by atoms with van der Waals surface area (Å²) in [5.74, 6) is 1.34. The van der Waals surface area contributed by atoms with Gasteiger partial charge in [0, 0.05) is 18.3 Å². The van der Waals surface area contributed by atoms with E-state index in [4.69, 9.17) is 5.73 Å². The van der Waals surface area contributed by atoms with Crippen LogP contribution < -0.4 is 5.73 Å². The lowest BCUT2D eigenvalue weighted by atomic mass is 9.98. The van der Waals surface area contributed by atoms with Crippen LogP contribution in [0, 0.1) is 0 Å². The number of hydrogen-bond acceptors (Lipinski definition) is 3. The number of nitrogens with two attached hydrogens (primary N) is 1. The summed E-state index contributed by atoms with van der Waals surface area (Å²) in [4.78, 5) is 0. The molecular formula is C22H22N4. The first-order valence-corrected chi connectivity index (χ1v) is 8.90. The zero-order valence-electron chi connectivity index (χ0n) is 15.1. The first kappa shape index (κ1) is 16.5. The Labute approximate surface area is 153 Å². The highest BCUT2D eigenvalue weighted by Crippen LogP contribution is 2.26. The monoisotopic (exact) mass is 342 g/mol. The minimum Gasteiger partial charge on any atom is -0.326 e. The average molecular weight is 342 g/mol. The molecule has 2 aromatic carbocycles. The maximum atomic E-state index is 5.69. The maximum Gasteiger partial charge on any atom is 0.168 e.